The van der Waals surface area contributed by atoms with E-state index in [9.17, 15) is 4.79 Å². The Balaban J connectivity index is 1.60. The SMILES string of the molecule is O=C(/C=N\N1CCCCC1)c1ccc(Sc2ccccc2)cc1. The van der Waals surface area contributed by atoms with E-state index in [-0.39, 0.29) is 5.78 Å². The molecule has 1 fully saturated rings. The predicted molar refractivity (Wildman–Crippen MR) is 95.3 cm³/mol. The van der Waals surface area contributed by atoms with Gasteiger partial charge in [-0.25, -0.2) is 0 Å². The fourth-order valence-corrected chi connectivity index (χ4v) is 3.35. The highest BCUT2D eigenvalue weighted by Crippen LogP contribution is 2.27. The van der Waals surface area contributed by atoms with Crippen LogP contribution in [-0.4, -0.2) is 30.1 Å². The first-order valence-corrected chi connectivity index (χ1v) is 8.79. The van der Waals surface area contributed by atoms with Gasteiger partial charge in [0.25, 0.3) is 0 Å². The molecule has 0 radical (unpaired) electrons. The molecule has 23 heavy (non-hydrogen) atoms. The van der Waals surface area contributed by atoms with Crippen molar-refractivity contribution in [3.8, 4) is 0 Å². The molecule has 3 rings (SSSR count). The van der Waals surface area contributed by atoms with Gasteiger partial charge in [0.15, 0.2) is 0 Å². The number of benzene rings is 2. The summed E-state index contributed by atoms with van der Waals surface area (Å²) in [6.45, 7) is 1.91. The van der Waals surface area contributed by atoms with Crippen LogP contribution < -0.4 is 0 Å². The molecule has 0 atom stereocenters. The summed E-state index contributed by atoms with van der Waals surface area (Å²) in [5.41, 5.74) is 0.683. The van der Waals surface area contributed by atoms with E-state index in [0.29, 0.717) is 5.56 Å². The lowest BCUT2D eigenvalue weighted by atomic mass is 10.1. The molecule has 2 aromatic carbocycles. The fourth-order valence-electron chi connectivity index (χ4n) is 2.51. The minimum atomic E-state index is -0.0353. The number of Topliss-reactive ketones (excluding diaryl/α,β-unsaturated/α-hetero) is 1. The number of rotatable bonds is 5. The van der Waals surface area contributed by atoms with Gasteiger partial charge in [-0.3, -0.25) is 9.80 Å². The standard InChI is InChI=1S/C19H20N2OS/c22-19(15-20-21-13-5-2-6-14-21)16-9-11-18(12-10-16)23-17-7-3-1-4-8-17/h1,3-4,7-12,15H,2,5-6,13-14H2/b20-15-. The summed E-state index contributed by atoms with van der Waals surface area (Å²) in [4.78, 5) is 14.5. The van der Waals surface area contributed by atoms with Crippen LogP contribution in [0.2, 0.25) is 0 Å². The van der Waals surface area contributed by atoms with Gasteiger partial charge in [0, 0.05) is 28.4 Å². The molecule has 1 aliphatic rings. The number of piperidine rings is 1. The highest BCUT2D eigenvalue weighted by molar-refractivity contribution is 7.99. The molecule has 0 unspecified atom stereocenters. The summed E-state index contributed by atoms with van der Waals surface area (Å²) in [6.07, 6.45) is 5.04. The Morgan fingerprint density at radius 2 is 1.57 bits per heavy atom. The largest absolute Gasteiger partial charge is 0.297 e. The molecule has 1 saturated heterocycles. The molecule has 1 heterocycles. The van der Waals surface area contributed by atoms with Crippen molar-refractivity contribution in [3.05, 3.63) is 60.2 Å². The molecule has 0 aliphatic carbocycles. The first kappa shape index (κ1) is 15.8. The molecule has 2 aromatic rings. The summed E-state index contributed by atoms with van der Waals surface area (Å²) in [5.74, 6) is -0.0353. The summed E-state index contributed by atoms with van der Waals surface area (Å²) in [7, 11) is 0. The van der Waals surface area contributed by atoms with Crippen molar-refractivity contribution in [1.29, 1.82) is 0 Å². The van der Waals surface area contributed by atoms with Gasteiger partial charge in [-0.05, 0) is 55.7 Å². The van der Waals surface area contributed by atoms with E-state index in [0.717, 1.165) is 30.8 Å². The minimum absolute atomic E-state index is 0.0353. The van der Waals surface area contributed by atoms with Crippen molar-refractivity contribution in [1.82, 2.24) is 5.01 Å². The summed E-state index contributed by atoms with van der Waals surface area (Å²) in [6, 6.07) is 17.9. The van der Waals surface area contributed by atoms with E-state index in [2.05, 4.69) is 17.2 Å². The summed E-state index contributed by atoms with van der Waals surface area (Å²) < 4.78 is 0. The van der Waals surface area contributed by atoms with Gasteiger partial charge in [0.2, 0.25) is 5.78 Å². The predicted octanol–water partition coefficient (Wildman–Crippen LogP) is 4.49. The second-order valence-electron chi connectivity index (χ2n) is 5.56. The van der Waals surface area contributed by atoms with Crippen LogP contribution in [0.5, 0.6) is 0 Å². The molecule has 118 valence electrons. The van der Waals surface area contributed by atoms with Crippen molar-refractivity contribution in [2.45, 2.75) is 29.1 Å². The van der Waals surface area contributed by atoms with Gasteiger partial charge >= 0.3 is 0 Å². The Morgan fingerprint density at radius 1 is 0.913 bits per heavy atom. The lowest BCUT2D eigenvalue weighted by Gasteiger charge is -2.22. The molecule has 0 aromatic heterocycles. The normalized spacial score (nSPS) is 15.0. The van der Waals surface area contributed by atoms with Gasteiger partial charge in [-0.15, -0.1) is 0 Å². The van der Waals surface area contributed by atoms with Gasteiger partial charge in [0.1, 0.15) is 0 Å². The highest BCUT2D eigenvalue weighted by atomic mass is 32.2. The van der Waals surface area contributed by atoms with Crippen LogP contribution in [0.15, 0.2) is 69.5 Å². The molecule has 0 spiro atoms. The van der Waals surface area contributed by atoms with Crippen LogP contribution in [0.4, 0.5) is 0 Å². The summed E-state index contributed by atoms with van der Waals surface area (Å²) in [5, 5.41) is 6.29. The van der Waals surface area contributed by atoms with Crippen LogP contribution in [0.25, 0.3) is 0 Å². The van der Waals surface area contributed by atoms with Crippen molar-refractivity contribution in [3.63, 3.8) is 0 Å². The number of hydrogen-bond acceptors (Lipinski definition) is 4. The first-order chi connectivity index (χ1) is 11.3. The maximum absolute atomic E-state index is 12.2. The Labute approximate surface area is 141 Å². The first-order valence-electron chi connectivity index (χ1n) is 7.97. The molecule has 3 nitrogen and oxygen atoms in total. The van der Waals surface area contributed by atoms with Gasteiger partial charge in [-0.1, -0.05) is 30.0 Å². The van der Waals surface area contributed by atoms with E-state index in [1.54, 1.807) is 11.8 Å². The van der Waals surface area contributed by atoms with E-state index >= 15 is 0 Å². The smallest absolute Gasteiger partial charge is 0.205 e. The third-order valence-corrected chi connectivity index (χ3v) is 4.80. The van der Waals surface area contributed by atoms with E-state index in [4.69, 9.17) is 0 Å². The molecule has 4 heteroatoms. The Morgan fingerprint density at radius 3 is 2.26 bits per heavy atom. The number of carbonyl (C=O) groups excluding carboxylic acids is 1. The molecule has 1 aliphatic heterocycles. The quantitative estimate of drug-likeness (QED) is 0.600. The zero-order valence-electron chi connectivity index (χ0n) is 13.0. The van der Waals surface area contributed by atoms with Gasteiger partial charge < -0.3 is 0 Å². The van der Waals surface area contributed by atoms with Gasteiger partial charge in [0.05, 0.1) is 6.21 Å². The second kappa shape index (κ2) is 7.97. The minimum Gasteiger partial charge on any atom is -0.297 e. The lowest BCUT2D eigenvalue weighted by molar-refractivity contribution is 0.106. The van der Waals surface area contributed by atoms with Crippen LogP contribution in [0, 0.1) is 0 Å². The molecular weight excluding hydrogens is 304 g/mol. The topological polar surface area (TPSA) is 32.7 Å². The second-order valence-corrected chi connectivity index (χ2v) is 6.71. The maximum atomic E-state index is 12.2. The number of nitrogens with zero attached hydrogens (tertiary/aromatic N) is 2. The van der Waals surface area contributed by atoms with E-state index < -0.39 is 0 Å². The third kappa shape index (κ3) is 4.70. The average Bonchev–Trinajstić information content (AvgIpc) is 2.62. The van der Waals surface area contributed by atoms with Crippen LogP contribution in [-0.2, 0) is 0 Å². The lowest BCUT2D eigenvalue weighted by Crippen LogP contribution is -2.25. The van der Waals surface area contributed by atoms with E-state index in [1.807, 2.05) is 47.5 Å². The zero-order valence-corrected chi connectivity index (χ0v) is 13.8. The zero-order chi connectivity index (χ0) is 15.9. The van der Waals surface area contributed by atoms with Crippen LogP contribution >= 0.6 is 11.8 Å². The molecular formula is C19H20N2OS. The Bertz CT molecular complexity index is 662. The van der Waals surface area contributed by atoms with Crippen LogP contribution in [0.1, 0.15) is 29.6 Å². The molecule has 0 N–H and O–H groups in total. The fraction of sp³-hybridized carbons (Fsp3) is 0.263. The third-order valence-electron chi connectivity index (χ3n) is 3.79. The monoisotopic (exact) mass is 324 g/mol. The van der Waals surface area contributed by atoms with Crippen molar-refractivity contribution < 1.29 is 4.79 Å². The number of hydrazone groups is 1. The van der Waals surface area contributed by atoms with E-state index in [1.165, 1.54) is 17.5 Å². The highest BCUT2D eigenvalue weighted by Gasteiger charge is 2.08. The average molecular weight is 324 g/mol. The number of ketones is 1. The number of carbonyl (C=O) groups is 1. The Hall–Kier alpha value is -2.07. The number of hydrogen-bond donors (Lipinski definition) is 0. The van der Waals surface area contributed by atoms with Crippen molar-refractivity contribution in [2.75, 3.05) is 13.1 Å². The summed E-state index contributed by atoms with van der Waals surface area (Å²) >= 11 is 1.69. The molecule has 0 amide bonds. The van der Waals surface area contributed by atoms with Crippen molar-refractivity contribution >= 4 is 23.8 Å². The van der Waals surface area contributed by atoms with Gasteiger partial charge in [-0.2, -0.15) is 5.10 Å². The Kier molecular flexibility index (Phi) is 5.48. The van der Waals surface area contributed by atoms with Crippen molar-refractivity contribution in [2.24, 2.45) is 5.10 Å². The van der Waals surface area contributed by atoms with Crippen LogP contribution in [0.3, 0.4) is 0 Å². The molecule has 0 bridgehead atoms. The molecule has 0 saturated carbocycles. The maximum Gasteiger partial charge on any atom is 0.205 e.